The van der Waals surface area contributed by atoms with Crippen LogP contribution in [0.15, 0.2) is 28.8 Å². The number of hydrogen-bond donors (Lipinski definition) is 0. The SMILES string of the molecule is Cc1ccc(F)c(Cn2ccc(N=S)n2)c1F. The van der Waals surface area contributed by atoms with Crippen LogP contribution >= 0.6 is 0 Å². The van der Waals surface area contributed by atoms with Gasteiger partial charge in [-0.15, -0.1) is 0 Å². The summed E-state index contributed by atoms with van der Waals surface area (Å²) >= 11 is 4.47. The lowest BCUT2D eigenvalue weighted by Crippen LogP contribution is -2.06. The molecule has 0 saturated carbocycles. The Morgan fingerprint density at radius 1 is 1.35 bits per heavy atom. The lowest BCUT2D eigenvalue weighted by Gasteiger charge is -2.07. The topological polar surface area (TPSA) is 30.2 Å². The molecule has 88 valence electrons. The third-order valence-corrected chi connectivity index (χ3v) is 2.61. The van der Waals surface area contributed by atoms with Crippen molar-refractivity contribution in [2.24, 2.45) is 4.36 Å². The van der Waals surface area contributed by atoms with Crippen LogP contribution in [0.3, 0.4) is 0 Å². The normalized spacial score (nSPS) is 10.5. The molecule has 1 aromatic carbocycles. The Labute approximate surface area is 102 Å². The summed E-state index contributed by atoms with van der Waals surface area (Å²) in [4.78, 5) is 0. The zero-order chi connectivity index (χ0) is 12.4. The molecule has 0 atom stereocenters. The van der Waals surface area contributed by atoms with Crippen molar-refractivity contribution in [2.75, 3.05) is 0 Å². The summed E-state index contributed by atoms with van der Waals surface area (Å²) in [6, 6.07) is 4.23. The Balaban J connectivity index is 2.35. The molecule has 0 aliphatic heterocycles. The molecule has 3 nitrogen and oxygen atoms in total. The number of aryl methyl sites for hydroxylation is 1. The Bertz CT molecular complexity index is 566. The molecule has 0 aliphatic carbocycles. The van der Waals surface area contributed by atoms with Crippen molar-refractivity contribution in [1.29, 1.82) is 0 Å². The molecular weight excluding hydrogens is 244 g/mol. The van der Waals surface area contributed by atoms with Crippen LogP contribution in [-0.2, 0) is 19.0 Å². The molecule has 17 heavy (non-hydrogen) atoms. The lowest BCUT2D eigenvalue weighted by atomic mass is 10.1. The van der Waals surface area contributed by atoms with Gasteiger partial charge in [0.05, 0.1) is 6.54 Å². The van der Waals surface area contributed by atoms with Gasteiger partial charge in [0.2, 0.25) is 0 Å². The van der Waals surface area contributed by atoms with E-state index in [-0.39, 0.29) is 12.1 Å². The summed E-state index contributed by atoms with van der Waals surface area (Å²) in [5.41, 5.74) is 0.394. The maximum absolute atomic E-state index is 13.7. The maximum Gasteiger partial charge on any atom is 0.187 e. The summed E-state index contributed by atoms with van der Waals surface area (Å²) < 4.78 is 32.0. The van der Waals surface area contributed by atoms with Gasteiger partial charge in [-0.25, -0.2) is 8.78 Å². The van der Waals surface area contributed by atoms with Crippen molar-refractivity contribution >= 4 is 18.2 Å². The summed E-state index contributed by atoms with van der Waals surface area (Å²) in [6.45, 7) is 1.61. The second-order valence-corrected chi connectivity index (χ2v) is 3.80. The van der Waals surface area contributed by atoms with E-state index in [1.165, 1.54) is 16.8 Å². The molecule has 0 spiro atoms. The molecule has 1 heterocycles. The average molecular weight is 253 g/mol. The quantitative estimate of drug-likeness (QED) is 0.842. The molecule has 0 saturated heterocycles. The van der Waals surface area contributed by atoms with Crippen LogP contribution in [-0.4, -0.2) is 9.78 Å². The van der Waals surface area contributed by atoms with Crippen molar-refractivity contribution in [3.63, 3.8) is 0 Å². The van der Waals surface area contributed by atoms with E-state index in [0.717, 1.165) is 0 Å². The van der Waals surface area contributed by atoms with Gasteiger partial charge in [0, 0.05) is 30.3 Å². The van der Waals surface area contributed by atoms with Crippen molar-refractivity contribution < 1.29 is 8.78 Å². The van der Waals surface area contributed by atoms with Gasteiger partial charge in [-0.2, -0.15) is 9.46 Å². The number of hydrogen-bond acceptors (Lipinski definition) is 3. The van der Waals surface area contributed by atoms with Crippen LogP contribution in [0.2, 0.25) is 0 Å². The maximum atomic E-state index is 13.7. The van der Waals surface area contributed by atoms with Crippen LogP contribution in [0.5, 0.6) is 0 Å². The van der Waals surface area contributed by atoms with E-state index < -0.39 is 11.6 Å². The fourth-order valence-corrected chi connectivity index (χ4v) is 1.61. The summed E-state index contributed by atoms with van der Waals surface area (Å²) in [6.07, 6.45) is 1.58. The fourth-order valence-electron chi connectivity index (χ4n) is 1.51. The van der Waals surface area contributed by atoms with Crippen molar-refractivity contribution in [1.82, 2.24) is 9.78 Å². The molecule has 0 aliphatic rings. The first-order chi connectivity index (χ1) is 8.11. The van der Waals surface area contributed by atoms with E-state index >= 15 is 0 Å². The molecule has 0 fully saturated rings. The molecule has 0 unspecified atom stereocenters. The molecule has 0 bridgehead atoms. The first kappa shape index (κ1) is 11.8. The van der Waals surface area contributed by atoms with Gasteiger partial charge in [0.1, 0.15) is 11.6 Å². The largest absolute Gasteiger partial charge is 0.266 e. The minimum atomic E-state index is -0.583. The van der Waals surface area contributed by atoms with E-state index in [2.05, 4.69) is 21.9 Å². The summed E-state index contributed by atoms with van der Waals surface area (Å²) in [7, 11) is 0. The Hall–Kier alpha value is -1.69. The minimum Gasteiger partial charge on any atom is -0.266 e. The van der Waals surface area contributed by atoms with Gasteiger partial charge < -0.3 is 0 Å². The van der Waals surface area contributed by atoms with Crippen LogP contribution in [0, 0.1) is 18.6 Å². The number of nitrogens with zero attached hydrogens (tertiary/aromatic N) is 3. The van der Waals surface area contributed by atoms with Gasteiger partial charge in [0.25, 0.3) is 0 Å². The Morgan fingerprint density at radius 3 is 2.76 bits per heavy atom. The van der Waals surface area contributed by atoms with Crippen LogP contribution < -0.4 is 0 Å². The van der Waals surface area contributed by atoms with Crippen LogP contribution in [0.1, 0.15) is 11.1 Å². The smallest absolute Gasteiger partial charge is 0.187 e. The predicted octanol–water partition coefficient (Wildman–Crippen LogP) is 2.88. The van der Waals surface area contributed by atoms with Gasteiger partial charge >= 0.3 is 0 Å². The lowest BCUT2D eigenvalue weighted by molar-refractivity contribution is 0.528. The Kier molecular flexibility index (Phi) is 3.23. The zero-order valence-electron chi connectivity index (χ0n) is 9.02. The van der Waals surface area contributed by atoms with Gasteiger partial charge in [-0.1, -0.05) is 6.07 Å². The third kappa shape index (κ3) is 2.36. The monoisotopic (exact) mass is 253 g/mol. The number of aromatic nitrogens is 2. The second-order valence-electron chi connectivity index (χ2n) is 3.62. The van der Waals surface area contributed by atoms with Crippen molar-refractivity contribution in [2.45, 2.75) is 13.5 Å². The molecule has 0 amide bonds. The predicted molar refractivity (Wildman–Crippen MR) is 61.9 cm³/mol. The minimum absolute atomic E-state index is 0.0102. The molecule has 0 N–H and O–H groups in total. The average Bonchev–Trinajstić information content (AvgIpc) is 2.77. The van der Waals surface area contributed by atoms with Crippen LogP contribution in [0.4, 0.5) is 14.6 Å². The van der Waals surface area contributed by atoms with E-state index in [9.17, 15) is 8.78 Å². The molecule has 2 rings (SSSR count). The molecule has 6 heteroatoms. The standard InChI is InChI=1S/C11H9F2N3S/c1-7-2-3-9(12)8(11(7)13)6-16-5-4-10(14-16)15-17/h2-5H,6H2,1H3. The number of benzene rings is 1. The highest BCUT2D eigenvalue weighted by Gasteiger charge is 2.12. The van der Waals surface area contributed by atoms with Crippen molar-refractivity contribution in [3.05, 3.63) is 47.2 Å². The molecule has 1 aromatic heterocycles. The first-order valence-electron chi connectivity index (χ1n) is 4.92. The first-order valence-corrected chi connectivity index (χ1v) is 5.28. The molecule has 2 aromatic rings. The van der Waals surface area contributed by atoms with Crippen LogP contribution in [0.25, 0.3) is 0 Å². The van der Waals surface area contributed by atoms with Crippen molar-refractivity contribution in [3.8, 4) is 0 Å². The van der Waals surface area contributed by atoms with E-state index in [1.54, 1.807) is 19.2 Å². The molecular formula is C11H9F2N3S. The highest BCUT2D eigenvalue weighted by atomic mass is 32.1. The zero-order valence-corrected chi connectivity index (χ0v) is 9.84. The van der Waals surface area contributed by atoms with Gasteiger partial charge in [-0.3, -0.25) is 4.68 Å². The van der Waals surface area contributed by atoms with E-state index in [0.29, 0.717) is 11.4 Å². The third-order valence-electron chi connectivity index (χ3n) is 2.42. The highest BCUT2D eigenvalue weighted by Crippen LogP contribution is 2.18. The van der Waals surface area contributed by atoms with E-state index in [4.69, 9.17) is 0 Å². The number of halogens is 2. The molecule has 0 radical (unpaired) electrons. The fraction of sp³-hybridized carbons (Fsp3) is 0.182. The van der Waals surface area contributed by atoms with Gasteiger partial charge in [0.15, 0.2) is 5.82 Å². The van der Waals surface area contributed by atoms with E-state index in [1.807, 2.05) is 0 Å². The summed E-state index contributed by atoms with van der Waals surface area (Å²) in [5.74, 6) is -0.772. The number of rotatable bonds is 3. The second kappa shape index (κ2) is 4.67. The summed E-state index contributed by atoms with van der Waals surface area (Å²) in [5, 5.41) is 3.95. The highest BCUT2D eigenvalue weighted by molar-refractivity contribution is 7.47. The Morgan fingerprint density at radius 2 is 2.12 bits per heavy atom. The van der Waals surface area contributed by atoms with Gasteiger partial charge in [-0.05, 0) is 18.6 Å².